The summed E-state index contributed by atoms with van der Waals surface area (Å²) < 4.78 is 0. The molecular formula is C11H15N7O3. The topological polar surface area (TPSA) is 164 Å². The number of nitrogens with two attached hydrogens (primary N) is 2. The number of anilines is 1. The molecule has 2 aromatic heterocycles. The van der Waals surface area contributed by atoms with Crippen LogP contribution in [0.2, 0.25) is 0 Å². The van der Waals surface area contributed by atoms with Crippen molar-refractivity contribution in [2.75, 3.05) is 5.06 Å². The number of H-pyrrole nitrogens is 1. The third-order valence-corrected chi connectivity index (χ3v) is 2.90. The molecule has 0 aliphatic heterocycles. The van der Waals surface area contributed by atoms with E-state index in [1.807, 2.05) is 0 Å². The Morgan fingerprint density at radius 1 is 1.38 bits per heavy atom. The van der Waals surface area contributed by atoms with Gasteiger partial charge in [0.15, 0.2) is 11.5 Å². The molecule has 21 heavy (non-hydrogen) atoms. The summed E-state index contributed by atoms with van der Waals surface area (Å²) in [4.78, 5) is 37.4. The van der Waals surface area contributed by atoms with Gasteiger partial charge in [-0.25, -0.2) is 15.0 Å². The molecule has 0 radical (unpaired) electrons. The van der Waals surface area contributed by atoms with Crippen LogP contribution in [0.4, 0.5) is 5.82 Å². The number of nitrogens with zero attached hydrogens (tertiary/aromatic N) is 4. The van der Waals surface area contributed by atoms with Crippen molar-refractivity contribution in [3.05, 3.63) is 12.2 Å². The first kappa shape index (κ1) is 14.8. The minimum Gasteiger partial charge on any atom is -0.363 e. The Kier molecular flexibility index (Phi) is 3.82. The lowest BCUT2D eigenvalue weighted by atomic mass is 10.1. The fourth-order valence-electron chi connectivity index (χ4n) is 1.61. The molecule has 2 aromatic rings. The van der Waals surface area contributed by atoms with Crippen LogP contribution < -0.4 is 16.5 Å². The Morgan fingerprint density at radius 2 is 2.05 bits per heavy atom. The van der Waals surface area contributed by atoms with Crippen molar-refractivity contribution in [3.8, 4) is 0 Å². The zero-order valence-electron chi connectivity index (χ0n) is 11.4. The quantitative estimate of drug-likeness (QED) is 0.421. The summed E-state index contributed by atoms with van der Waals surface area (Å²) in [5.74, 6) is -2.46. The number of amides is 2. The van der Waals surface area contributed by atoms with Crippen LogP contribution >= 0.6 is 0 Å². The van der Waals surface area contributed by atoms with E-state index in [4.69, 9.17) is 11.5 Å². The number of aromatic amines is 1. The summed E-state index contributed by atoms with van der Waals surface area (Å²) in [5, 5.41) is 10.3. The van der Waals surface area contributed by atoms with Crippen molar-refractivity contribution in [1.29, 1.82) is 0 Å². The van der Waals surface area contributed by atoms with E-state index in [9.17, 15) is 14.8 Å². The number of carbonyl (C=O) groups excluding carboxylic acids is 2. The van der Waals surface area contributed by atoms with Crippen LogP contribution in [0.3, 0.4) is 0 Å². The van der Waals surface area contributed by atoms with Crippen molar-refractivity contribution in [2.45, 2.75) is 19.9 Å². The molecule has 1 unspecified atom stereocenters. The normalized spacial score (nSPS) is 12.6. The van der Waals surface area contributed by atoms with Crippen LogP contribution in [0.5, 0.6) is 0 Å². The van der Waals surface area contributed by atoms with Crippen molar-refractivity contribution in [1.82, 2.24) is 19.9 Å². The van der Waals surface area contributed by atoms with E-state index >= 15 is 0 Å². The lowest BCUT2D eigenvalue weighted by Crippen LogP contribution is -2.45. The third-order valence-electron chi connectivity index (χ3n) is 2.90. The zero-order valence-corrected chi connectivity index (χ0v) is 11.4. The molecule has 2 heterocycles. The first-order valence-electron chi connectivity index (χ1n) is 6.12. The highest BCUT2D eigenvalue weighted by Gasteiger charge is 2.27. The van der Waals surface area contributed by atoms with Gasteiger partial charge >= 0.3 is 0 Å². The van der Waals surface area contributed by atoms with E-state index in [0.717, 1.165) is 0 Å². The molecule has 0 fully saturated rings. The van der Waals surface area contributed by atoms with Gasteiger partial charge in [0.1, 0.15) is 5.52 Å². The number of aromatic nitrogens is 4. The fourth-order valence-corrected chi connectivity index (χ4v) is 1.61. The monoisotopic (exact) mass is 293 g/mol. The Hall–Kier alpha value is -2.59. The number of hydrogen-bond donors (Lipinski definition) is 4. The number of imidazole rings is 1. The zero-order chi connectivity index (χ0) is 15.7. The lowest BCUT2D eigenvalue weighted by molar-refractivity contribution is -0.125. The molecule has 2 amide bonds. The molecule has 2 rings (SSSR count). The average molecular weight is 293 g/mol. The van der Waals surface area contributed by atoms with Gasteiger partial charge in [-0.2, -0.15) is 5.06 Å². The fraction of sp³-hybridized carbons (Fsp3) is 0.364. The molecule has 0 aliphatic carbocycles. The van der Waals surface area contributed by atoms with Gasteiger partial charge in [0.25, 0.3) is 11.8 Å². The smallest absolute Gasteiger partial charge is 0.286 e. The second kappa shape index (κ2) is 5.42. The van der Waals surface area contributed by atoms with E-state index in [-0.39, 0.29) is 33.8 Å². The number of nitrogens with one attached hydrogen (secondary N) is 1. The van der Waals surface area contributed by atoms with Crippen molar-refractivity contribution < 1.29 is 14.8 Å². The number of hydroxylamine groups is 1. The molecule has 0 saturated carbocycles. The molecule has 10 nitrogen and oxygen atoms in total. The molecule has 0 saturated heterocycles. The van der Waals surface area contributed by atoms with Crippen LogP contribution in [0.25, 0.3) is 11.2 Å². The molecule has 0 bridgehead atoms. The SMILES string of the molecule is CC(C)C(N)C(=O)N(O)c1nc(C(N)=O)nc2nc[nH]c12. The van der Waals surface area contributed by atoms with Gasteiger partial charge in [0, 0.05) is 0 Å². The van der Waals surface area contributed by atoms with Crippen LogP contribution in [0.1, 0.15) is 24.5 Å². The second-order valence-corrected chi connectivity index (χ2v) is 4.76. The summed E-state index contributed by atoms with van der Waals surface area (Å²) >= 11 is 0. The number of rotatable bonds is 4. The predicted molar refractivity (Wildman–Crippen MR) is 72.3 cm³/mol. The maximum Gasteiger partial charge on any atom is 0.286 e. The Balaban J connectivity index is 2.51. The van der Waals surface area contributed by atoms with Crippen LogP contribution in [0.15, 0.2) is 6.33 Å². The number of hydrogen-bond acceptors (Lipinski definition) is 7. The van der Waals surface area contributed by atoms with Crippen LogP contribution in [-0.2, 0) is 4.79 Å². The first-order valence-corrected chi connectivity index (χ1v) is 6.12. The lowest BCUT2D eigenvalue weighted by Gasteiger charge is -2.21. The summed E-state index contributed by atoms with van der Waals surface area (Å²) in [6.07, 6.45) is 1.29. The predicted octanol–water partition coefficient (Wildman–Crippen LogP) is -0.843. The van der Waals surface area contributed by atoms with Gasteiger partial charge in [-0.3, -0.25) is 14.8 Å². The van der Waals surface area contributed by atoms with Gasteiger partial charge in [-0.1, -0.05) is 13.8 Å². The minimum atomic E-state index is -0.931. The number of carbonyl (C=O) groups is 2. The molecular weight excluding hydrogens is 278 g/mol. The Labute approximate surface area is 119 Å². The summed E-state index contributed by atoms with van der Waals surface area (Å²) in [6, 6.07) is -0.931. The standard InChI is InChI=1S/C11H15N7O3/c1-4(2)5(12)11(20)18(21)10-6-8(15-3-14-6)16-9(17-10)7(13)19/h3-5,21H,12H2,1-2H3,(H2,13,19)(H,14,15,16,17). The molecule has 0 aromatic carbocycles. The van der Waals surface area contributed by atoms with Gasteiger partial charge < -0.3 is 16.5 Å². The van der Waals surface area contributed by atoms with Crippen LogP contribution in [0, 0.1) is 5.92 Å². The second-order valence-electron chi connectivity index (χ2n) is 4.76. The largest absolute Gasteiger partial charge is 0.363 e. The molecule has 0 spiro atoms. The average Bonchev–Trinajstić information content (AvgIpc) is 2.91. The Bertz CT molecular complexity index is 696. The first-order chi connectivity index (χ1) is 9.82. The van der Waals surface area contributed by atoms with E-state index in [1.54, 1.807) is 13.8 Å². The summed E-state index contributed by atoms with van der Waals surface area (Å²) in [6.45, 7) is 3.47. The van der Waals surface area contributed by atoms with Gasteiger partial charge in [0.2, 0.25) is 5.82 Å². The van der Waals surface area contributed by atoms with Gasteiger partial charge in [0.05, 0.1) is 12.4 Å². The highest BCUT2D eigenvalue weighted by atomic mass is 16.5. The molecule has 1 atom stereocenters. The molecule has 6 N–H and O–H groups in total. The third kappa shape index (κ3) is 2.66. The Morgan fingerprint density at radius 3 is 2.62 bits per heavy atom. The maximum absolute atomic E-state index is 12.1. The molecule has 112 valence electrons. The maximum atomic E-state index is 12.1. The van der Waals surface area contributed by atoms with Gasteiger partial charge in [-0.05, 0) is 5.92 Å². The minimum absolute atomic E-state index is 0.0961. The van der Waals surface area contributed by atoms with Crippen molar-refractivity contribution >= 4 is 28.8 Å². The number of primary amides is 1. The van der Waals surface area contributed by atoms with Crippen molar-refractivity contribution in [2.24, 2.45) is 17.4 Å². The number of fused-ring (bicyclic) bond motifs is 1. The van der Waals surface area contributed by atoms with E-state index in [1.165, 1.54) is 6.33 Å². The van der Waals surface area contributed by atoms with E-state index in [0.29, 0.717) is 0 Å². The van der Waals surface area contributed by atoms with E-state index < -0.39 is 17.9 Å². The molecule has 0 aliphatic rings. The summed E-state index contributed by atoms with van der Waals surface area (Å²) in [7, 11) is 0. The highest BCUT2D eigenvalue weighted by Crippen LogP contribution is 2.21. The summed E-state index contributed by atoms with van der Waals surface area (Å²) in [5.41, 5.74) is 11.1. The van der Waals surface area contributed by atoms with Crippen molar-refractivity contribution in [3.63, 3.8) is 0 Å². The van der Waals surface area contributed by atoms with Crippen LogP contribution in [-0.4, -0.2) is 43.0 Å². The van der Waals surface area contributed by atoms with E-state index in [2.05, 4.69) is 19.9 Å². The van der Waals surface area contributed by atoms with Gasteiger partial charge in [-0.15, -0.1) is 0 Å². The highest BCUT2D eigenvalue weighted by molar-refractivity contribution is 6.01. The molecule has 10 heteroatoms.